The van der Waals surface area contributed by atoms with Gasteiger partial charge in [0.05, 0.1) is 22.8 Å². The minimum Gasteiger partial charge on any atom is -0.343 e. The Labute approximate surface area is 163 Å². The molecule has 1 aromatic heterocycles. The Morgan fingerprint density at radius 1 is 1.25 bits per heavy atom. The highest BCUT2D eigenvalue weighted by Crippen LogP contribution is 2.40. The van der Waals surface area contributed by atoms with Gasteiger partial charge in [-0.25, -0.2) is 5.01 Å². The molecule has 1 aliphatic rings. The Hall–Kier alpha value is -3.47. The Kier molecular flexibility index (Phi) is 5.84. The number of hydrazine groups is 1. The molecule has 1 fully saturated rings. The molecule has 11 heteroatoms. The van der Waals surface area contributed by atoms with Crippen LogP contribution < -0.4 is 10.7 Å². The molecule has 1 aliphatic heterocycles. The first-order valence-corrected chi connectivity index (χ1v) is 9.17. The number of nitro groups is 1. The fraction of sp³-hybridized carbons (Fsp3) is 0.176. The van der Waals surface area contributed by atoms with E-state index in [9.17, 15) is 24.5 Å². The van der Waals surface area contributed by atoms with E-state index in [0.717, 1.165) is 5.01 Å². The molecule has 0 saturated carbocycles. The van der Waals surface area contributed by atoms with Gasteiger partial charge in [0, 0.05) is 24.0 Å². The standard InChI is InChI=1S/C17H15N5O5S/c23-14(9-19-16(25)11-5-7-18-8-6-11)20-21-15(24)10-28-17(21)12-3-1-2-4-13(12)22(26)27/h1-8,17H,9-10H2,(H,19,25)(H,20,23). The number of nitrogens with zero attached hydrogens (tertiary/aromatic N) is 3. The largest absolute Gasteiger partial charge is 0.343 e. The lowest BCUT2D eigenvalue weighted by molar-refractivity contribution is -0.385. The van der Waals surface area contributed by atoms with Crippen LogP contribution in [0.1, 0.15) is 21.3 Å². The van der Waals surface area contributed by atoms with Crippen molar-refractivity contribution in [1.82, 2.24) is 20.7 Å². The van der Waals surface area contributed by atoms with Crippen molar-refractivity contribution in [3.8, 4) is 0 Å². The number of nitrogens with one attached hydrogen (secondary N) is 2. The number of aromatic nitrogens is 1. The molecular formula is C17H15N5O5S. The number of hydrogen-bond acceptors (Lipinski definition) is 7. The number of carbonyl (C=O) groups is 3. The average Bonchev–Trinajstić information content (AvgIpc) is 3.07. The van der Waals surface area contributed by atoms with E-state index in [1.165, 1.54) is 48.4 Å². The molecule has 1 saturated heterocycles. The topological polar surface area (TPSA) is 135 Å². The van der Waals surface area contributed by atoms with Crippen LogP contribution >= 0.6 is 11.8 Å². The van der Waals surface area contributed by atoms with Crippen LogP contribution in [0.4, 0.5) is 5.69 Å². The summed E-state index contributed by atoms with van der Waals surface area (Å²) in [5.41, 5.74) is 2.94. The predicted molar refractivity (Wildman–Crippen MR) is 99.9 cm³/mol. The molecule has 10 nitrogen and oxygen atoms in total. The SMILES string of the molecule is O=C(CNC(=O)c1ccncc1)NN1C(=O)CSC1c1ccccc1[N+](=O)[O-]. The van der Waals surface area contributed by atoms with E-state index < -0.39 is 22.1 Å². The molecule has 2 aromatic rings. The first-order valence-electron chi connectivity index (χ1n) is 8.12. The van der Waals surface area contributed by atoms with Gasteiger partial charge in [0.25, 0.3) is 23.4 Å². The van der Waals surface area contributed by atoms with E-state index in [1.807, 2.05) is 0 Å². The summed E-state index contributed by atoms with van der Waals surface area (Å²) in [7, 11) is 0. The van der Waals surface area contributed by atoms with Gasteiger partial charge in [-0.2, -0.15) is 0 Å². The van der Waals surface area contributed by atoms with Gasteiger partial charge < -0.3 is 5.32 Å². The first kappa shape index (κ1) is 19.3. The highest BCUT2D eigenvalue weighted by atomic mass is 32.2. The lowest BCUT2D eigenvalue weighted by atomic mass is 10.1. The number of para-hydroxylation sites is 1. The van der Waals surface area contributed by atoms with Crippen LogP contribution in [0.2, 0.25) is 0 Å². The van der Waals surface area contributed by atoms with E-state index in [-0.39, 0.29) is 23.9 Å². The van der Waals surface area contributed by atoms with Crippen molar-refractivity contribution in [2.75, 3.05) is 12.3 Å². The molecule has 1 aromatic carbocycles. The number of amides is 3. The Balaban J connectivity index is 1.66. The van der Waals surface area contributed by atoms with Gasteiger partial charge in [-0.3, -0.25) is 34.9 Å². The zero-order valence-corrected chi connectivity index (χ0v) is 15.2. The second kappa shape index (κ2) is 8.48. The van der Waals surface area contributed by atoms with Crippen molar-refractivity contribution in [2.24, 2.45) is 0 Å². The van der Waals surface area contributed by atoms with Crippen molar-refractivity contribution < 1.29 is 19.3 Å². The van der Waals surface area contributed by atoms with E-state index in [4.69, 9.17) is 0 Å². The maximum absolute atomic E-state index is 12.2. The van der Waals surface area contributed by atoms with Crippen LogP contribution in [0.3, 0.4) is 0 Å². The molecule has 0 radical (unpaired) electrons. The van der Waals surface area contributed by atoms with Crippen LogP contribution in [0.15, 0.2) is 48.8 Å². The minimum atomic E-state index is -0.728. The quantitative estimate of drug-likeness (QED) is 0.545. The minimum absolute atomic E-state index is 0.0698. The summed E-state index contributed by atoms with van der Waals surface area (Å²) in [4.78, 5) is 50.9. The van der Waals surface area contributed by atoms with E-state index in [2.05, 4.69) is 15.7 Å². The van der Waals surface area contributed by atoms with E-state index in [1.54, 1.807) is 12.1 Å². The highest BCUT2D eigenvalue weighted by Gasteiger charge is 2.37. The van der Waals surface area contributed by atoms with Crippen molar-refractivity contribution >= 4 is 35.2 Å². The van der Waals surface area contributed by atoms with Crippen LogP contribution in [0.25, 0.3) is 0 Å². The van der Waals surface area contributed by atoms with Gasteiger partial charge in [0.1, 0.15) is 5.37 Å². The third-order valence-corrected chi connectivity index (χ3v) is 5.06. The van der Waals surface area contributed by atoms with Gasteiger partial charge >= 0.3 is 0 Å². The van der Waals surface area contributed by atoms with Crippen LogP contribution in [-0.2, 0) is 9.59 Å². The Morgan fingerprint density at radius 2 is 1.96 bits per heavy atom. The zero-order chi connectivity index (χ0) is 20.1. The number of hydrogen-bond donors (Lipinski definition) is 2. The fourth-order valence-corrected chi connectivity index (χ4v) is 3.72. The monoisotopic (exact) mass is 401 g/mol. The van der Waals surface area contributed by atoms with Crippen LogP contribution in [-0.4, -0.2) is 44.9 Å². The number of nitro benzene ring substituents is 1. The van der Waals surface area contributed by atoms with Gasteiger partial charge in [0.2, 0.25) is 0 Å². The predicted octanol–water partition coefficient (Wildman–Crippen LogP) is 1.02. The summed E-state index contributed by atoms with van der Waals surface area (Å²) in [6.07, 6.45) is 2.90. The third kappa shape index (κ3) is 4.26. The highest BCUT2D eigenvalue weighted by molar-refractivity contribution is 8.00. The summed E-state index contributed by atoms with van der Waals surface area (Å²) >= 11 is 1.17. The number of pyridine rings is 1. The van der Waals surface area contributed by atoms with Crippen LogP contribution in [0, 0.1) is 10.1 Å². The summed E-state index contributed by atoms with van der Waals surface area (Å²) < 4.78 is 0. The van der Waals surface area contributed by atoms with E-state index in [0.29, 0.717) is 11.1 Å². The van der Waals surface area contributed by atoms with E-state index >= 15 is 0 Å². The summed E-state index contributed by atoms with van der Waals surface area (Å²) in [6.45, 7) is -0.362. The molecule has 0 spiro atoms. The van der Waals surface area contributed by atoms with Crippen molar-refractivity contribution in [2.45, 2.75) is 5.37 Å². The summed E-state index contributed by atoms with van der Waals surface area (Å²) in [6, 6.07) is 9.03. The molecule has 28 heavy (non-hydrogen) atoms. The fourth-order valence-electron chi connectivity index (χ4n) is 2.58. The smallest absolute Gasteiger partial charge is 0.275 e. The lowest BCUT2D eigenvalue weighted by Gasteiger charge is -2.24. The second-order valence-corrected chi connectivity index (χ2v) is 6.77. The Morgan fingerprint density at radius 3 is 2.68 bits per heavy atom. The molecule has 1 atom stereocenters. The second-order valence-electron chi connectivity index (χ2n) is 5.70. The van der Waals surface area contributed by atoms with Gasteiger partial charge in [0.15, 0.2) is 0 Å². The van der Waals surface area contributed by atoms with Gasteiger partial charge in [-0.05, 0) is 18.2 Å². The molecule has 0 aliphatic carbocycles. The molecule has 3 amide bonds. The number of rotatable bonds is 6. The molecule has 0 bridgehead atoms. The van der Waals surface area contributed by atoms with Crippen molar-refractivity contribution in [1.29, 1.82) is 0 Å². The van der Waals surface area contributed by atoms with Crippen molar-refractivity contribution in [3.63, 3.8) is 0 Å². The zero-order valence-electron chi connectivity index (χ0n) is 14.4. The molecule has 144 valence electrons. The molecule has 3 rings (SSSR count). The first-order chi connectivity index (χ1) is 13.5. The normalized spacial score (nSPS) is 15.9. The summed E-state index contributed by atoms with van der Waals surface area (Å²) in [5, 5.41) is 14.0. The molecular weight excluding hydrogens is 386 g/mol. The van der Waals surface area contributed by atoms with Gasteiger partial charge in [-0.15, -0.1) is 11.8 Å². The molecule has 2 N–H and O–H groups in total. The molecule has 1 unspecified atom stereocenters. The number of carbonyl (C=O) groups excluding carboxylic acids is 3. The maximum Gasteiger partial charge on any atom is 0.275 e. The lowest BCUT2D eigenvalue weighted by Crippen LogP contribution is -2.48. The number of thioether (sulfide) groups is 1. The van der Waals surface area contributed by atoms with Crippen molar-refractivity contribution in [3.05, 3.63) is 70.0 Å². The Bertz CT molecular complexity index is 923. The third-order valence-electron chi connectivity index (χ3n) is 3.86. The summed E-state index contributed by atoms with van der Waals surface area (Å²) in [5.74, 6) is -1.40. The molecule has 2 heterocycles. The number of benzene rings is 1. The average molecular weight is 401 g/mol. The van der Waals surface area contributed by atoms with Crippen LogP contribution in [0.5, 0.6) is 0 Å². The van der Waals surface area contributed by atoms with Gasteiger partial charge in [-0.1, -0.05) is 12.1 Å². The maximum atomic E-state index is 12.2.